The third kappa shape index (κ3) is 3.49. The highest BCUT2D eigenvalue weighted by atomic mass is 16.3. The minimum absolute atomic E-state index is 0.0278. The molecule has 3 rings (SSSR count). The minimum atomic E-state index is -0.0278. The fraction of sp³-hybridized carbons (Fsp3) is 0.824. The number of imidazole rings is 1. The molecule has 2 saturated carbocycles. The molecular formula is C17H29N3O. The maximum Gasteiger partial charge on any atom is 0.106 e. The predicted molar refractivity (Wildman–Crippen MR) is 83.9 cm³/mol. The number of aromatic amines is 1. The number of nitrogens with zero attached hydrogens (tertiary/aromatic N) is 2. The van der Waals surface area contributed by atoms with E-state index in [1.165, 1.54) is 31.4 Å². The molecule has 0 spiro atoms. The number of aliphatic hydroxyl groups is 1. The summed E-state index contributed by atoms with van der Waals surface area (Å²) in [7, 11) is 2.23. The zero-order chi connectivity index (χ0) is 14.8. The Kier molecular flexibility index (Phi) is 4.65. The average Bonchev–Trinajstić information content (AvgIpc) is 3.10. The van der Waals surface area contributed by atoms with E-state index in [4.69, 9.17) is 0 Å². The molecular weight excluding hydrogens is 262 g/mol. The van der Waals surface area contributed by atoms with Gasteiger partial charge in [-0.3, -0.25) is 4.90 Å². The second kappa shape index (κ2) is 6.49. The molecule has 2 fully saturated rings. The lowest BCUT2D eigenvalue weighted by Gasteiger charge is -2.24. The van der Waals surface area contributed by atoms with Crippen molar-refractivity contribution in [2.24, 2.45) is 11.8 Å². The maximum atomic E-state index is 9.74. The van der Waals surface area contributed by atoms with Crippen molar-refractivity contribution < 1.29 is 5.11 Å². The predicted octanol–water partition coefficient (Wildman–Crippen LogP) is 2.73. The van der Waals surface area contributed by atoms with E-state index < -0.39 is 0 Å². The van der Waals surface area contributed by atoms with Crippen molar-refractivity contribution in [3.63, 3.8) is 0 Å². The molecule has 4 atom stereocenters. The Morgan fingerprint density at radius 3 is 2.67 bits per heavy atom. The number of unbranched alkanes of at least 4 members (excludes halogenated alkanes) is 1. The Morgan fingerprint density at radius 2 is 2.00 bits per heavy atom. The maximum absolute atomic E-state index is 9.74. The fourth-order valence-corrected chi connectivity index (χ4v) is 4.27. The van der Waals surface area contributed by atoms with Crippen molar-refractivity contribution in [3.8, 4) is 0 Å². The van der Waals surface area contributed by atoms with E-state index in [-0.39, 0.29) is 6.10 Å². The Bertz CT molecular complexity index is 445. The van der Waals surface area contributed by atoms with Gasteiger partial charge in [0.15, 0.2) is 0 Å². The molecule has 4 nitrogen and oxygen atoms in total. The number of aryl methyl sites for hydroxylation is 1. The first kappa shape index (κ1) is 15.0. The summed E-state index contributed by atoms with van der Waals surface area (Å²) in [5.41, 5.74) is 1.24. The zero-order valence-corrected chi connectivity index (χ0v) is 13.4. The number of aromatic nitrogens is 2. The van der Waals surface area contributed by atoms with Gasteiger partial charge in [-0.2, -0.15) is 0 Å². The first-order valence-corrected chi connectivity index (χ1v) is 8.56. The van der Waals surface area contributed by atoms with Gasteiger partial charge >= 0.3 is 0 Å². The van der Waals surface area contributed by atoms with Gasteiger partial charge in [-0.1, -0.05) is 13.3 Å². The number of H-pyrrole nitrogens is 1. The Labute approximate surface area is 128 Å². The molecule has 0 radical (unpaired) electrons. The molecule has 2 aliphatic rings. The lowest BCUT2D eigenvalue weighted by atomic mass is 10.0. The van der Waals surface area contributed by atoms with Crippen LogP contribution in [-0.2, 0) is 13.0 Å². The van der Waals surface area contributed by atoms with Gasteiger partial charge in [0.1, 0.15) is 5.82 Å². The average molecular weight is 291 g/mol. The van der Waals surface area contributed by atoms with Gasteiger partial charge in [0.25, 0.3) is 0 Å². The molecule has 0 aromatic carbocycles. The van der Waals surface area contributed by atoms with Crippen LogP contribution in [0.3, 0.4) is 0 Å². The summed E-state index contributed by atoms with van der Waals surface area (Å²) in [5, 5.41) is 9.74. The largest absolute Gasteiger partial charge is 0.393 e. The normalized spacial score (nSPS) is 32.0. The van der Waals surface area contributed by atoms with E-state index >= 15 is 0 Å². The lowest BCUT2D eigenvalue weighted by Crippen LogP contribution is -2.30. The smallest absolute Gasteiger partial charge is 0.106 e. The van der Waals surface area contributed by atoms with E-state index in [1.54, 1.807) is 0 Å². The molecule has 1 aromatic rings. The van der Waals surface area contributed by atoms with Crippen molar-refractivity contribution in [2.75, 3.05) is 7.05 Å². The number of hydrogen-bond donors (Lipinski definition) is 2. The minimum Gasteiger partial charge on any atom is -0.393 e. The van der Waals surface area contributed by atoms with Crippen LogP contribution in [0.5, 0.6) is 0 Å². The van der Waals surface area contributed by atoms with E-state index in [2.05, 4.69) is 28.8 Å². The SMILES string of the molecule is CCCCc1ncc(CN(C)C2C[C@H]3CC(O)C[C@H]3C2)[nH]1. The van der Waals surface area contributed by atoms with Gasteiger partial charge in [0, 0.05) is 30.9 Å². The molecule has 2 N–H and O–H groups in total. The molecule has 2 aliphatic carbocycles. The van der Waals surface area contributed by atoms with Crippen molar-refractivity contribution in [3.05, 3.63) is 17.7 Å². The van der Waals surface area contributed by atoms with E-state index in [9.17, 15) is 5.11 Å². The van der Waals surface area contributed by atoms with Gasteiger partial charge in [0.05, 0.1) is 6.10 Å². The summed E-state index contributed by atoms with van der Waals surface area (Å²) >= 11 is 0. The van der Waals surface area contributed by atoms with Crippen LogP contribution in [0.15, 0.2) is 6.20 Å². The summed E-state index contributed by atoms with van der Waals surface area (Å²) in [6.45, 7) is 3.18. The van der Waals surface area contributed by atoms with Gasteiger partial charge in [-0.05, 0) is 51.0 Å². The fourth-order valence-electron chi connectivity index (χ4n) is 4.27. The van der Waals surface area contributed by atoms with Crippen LogP contribution in [0.1, 0.15) is 57.0 Å². The second-order valence-electron chi connectivity index (χ2n) is 7.14. The molecule has 1 heterocycles. The summed E-state index contributed by atoms with van der Waals surface area (Å²) in [6.07, 6.45) is 10.0. The molecule has 4 heteroatoms. The Morgan fingerprint density at radius 1 is 1.29 bits per heavy atom. The van der Waals surface area contributed by atoms with Gasteiger partial charge in [-0.15, -0.1) is 0 Å². The van der Waals surface area contributed by atoms with Crippen LogP contribution in [0.4, 0.5) is 0 Å². The highest BCUT2D eigenvalue weighted by Crippen LogP contribution is 2.45. The number of hydrogen-bond acceptors (Lipinski definition) is 3. The molecule has 0 bridgehead atoms. The molecule has 2 unspecified atom stereocenters. The lowest BCUT2D eigenvalue weighted by molar-refractivity contribution is 0.158. The molecule has 0 saturated heterocycles. The molecule has 1 aromatic heterocycles. The van der Waals surface area contributed by atoms with Gasteiger partial charge in [0.2, 0.25) is 0 Å². The van der Waals surface area contributed by atoms with E-state index in [0.29, 0.717) is 6.04 Å². The highest BCUT2D eigenvalue weighted by molar-refractivity contribution is 5.03. The van der Waals surface area contributed by atoms with Crippen molar-refractivity contribution in [2.45, 2.75) is 70.6 Å². The zero-order valence-electron chi connectivity index (χ0n) is 13.4. The van der Waals surface area contributed by atoms with E-state index in [1.807, 2.05) is 6.20 Å². The van der Waals surface area contributed by atoms with Gasteiger partial charge in [-0.25, -0.2) is 4.98 Å². The molecule has 118 valence electrons. The number of fused-ring (bicyclic) bond motifs is 1. The van der Waals surface area contributed by atoms with Crippen LogP contribution in [-0.4, -0.2) is 39.2 Å². The van der Waals surface area contributed by atoms with Crippen molar-refractivity contribution >= 4 is 0 Å². The van der Waals surface area contributed by atoms with Crippen molar-refractivity contribution in [1.29, 1.82) is 0 Å². The number of aliphatic hydroxyl groups excluding tert-OH is 1. The molecule has 21 heavy (non-hydrogen) atoms. The first-order valence-electron chi connectivity index (χ1n) is 8.56. The Balaban J connectivity index is 1.50. The second-order valence-corrected chi connectivity index (χ2v) is 7.14. The number of rotatable bonds is 6. The Hall–Kier alpha value is -0.870. The summed E-state index contributed by atoms with van der Waals surface area (Å²) in [5.74, 6) is 2.65. The van der Waals surface area contributed by atoms with Crippen LogP contribution in [0.2, 0.25) is 0 Å². The third-order valence-electron chi connectivity index (χ3n) is 5.46. The first-order chi connectivity index (χ1) is 10.2. The number of nitrogens with one attached hydrogen (secondary N) is 1. The highest BCUT2D eigenvalue weighted by Gasteiger charge is 2.42. The topological polar surface area (TPSA) is 52.1 Å². The quantitative estimate of drug-likeness (QED) is 0.847. The summed E-state index contributed by atoms with van der Waals surface area (Å²) in [4.78, 5) is 10.4. The molecule has 0 aliphatic heterocycles. The van der Waals surface area contributed by atoms with Crippen molar-refractivity contribution in [1.82, 2.24) is 14.9 Å². The van der Waals surface area contributed by atoms with Crippen LogP contribution in [0.25, 0.3) is 0 Å². The molecule has 0 amide bonds. The summed E-state index contributed by atoms with van der Waals surface area (Å²) < 4.78 is 0. The monoisotopic (exact) mass is 291 g/mol. The van der Waals surface area contributed by atoms with Crippen LogP contribution < -0.4 is 0 Å². The van der Waals surface area contributed by atoms with Crippen LogP contribution in [0, 0.1) is 11.8 Å². The standard InChI is InChI=1S/C17H29N3O/c1-3-4-5-17-18-10-14(19-17)11-20(2)15-6-12-8-16(21)9-13(12)7-15/h10,12-13,15-16,21H,3-9,11H2,1-2H3,(H,18,19)/t12-,13+,15?,16?. The summed E-state index contributed by atoms with van der Waals surface area (Å²) in [6, 6.07) is 0.676. The van der Waals surface area contributed by atoms with Crippen LogP contribution >= 0.6 is 0 Å². The van der Waals surface area contributed by atoms with Gasteiger partial charge < -0.3 is 10.1 Å². The van der Waals surface area contributed by atoms with E-state index in [0.717, 1.165) is 43.5 Å². The third-order valence-corrected chi connectivity index (χ3v) is 5.46.